The van der Waals surface area contributed by atoms with Crippen LogP contribution >= 0.6 is 11.6 Å². The molecule has 0 saturated heterocycles. The van der Waals surface area contributed by atoms with Crippen molar-refractivity contribution in [3.63, 3.8) is 0 Å². The van der Waals surface area contributed by atoms with Crippen LogP contribution in [0.2, 0.25) is 5.02 Å². The fourth-order valence-electron chi connectivity index (χ4n) is 1.58. The van der Waals surface area contributed by atoms with Crippen molar-refractivity contribution >= 4 is 23.2 Å². The number of aromatic nitrogens is 1. The van der Waals surface area contributed by atoms with Gasteiger partial charge in [-0.15, -0.1) is 0 Å². The fourth-order valence-corrected chi connectivity index (χ4v) is 1.84. The van der Waals surface area contributed by atoms with Crippen molar-refractivity contribution < 1.29 is 9.72 Å². The predicted molar refractivity (Wildman–Crippen MR) is 73.5 cm³/mol. The molecule has 0 saturated carbocycles. The summed E-state index contributed by atoms with van der Waals surface area (Å²) in [7, 11) is 0. The van der Waals surface area contributed by atoms with E-state index in [-0.39, 0.29) is 22.2 Å². The maximum Gasteiger partial charge on any atom is 0.270 e. The third-order valence-electron chi connectivity index (χ3n) is 2.61. The van der Waals surface area contributed by atoms with Crippen molar-refractivity contribution in [3.8, 4) is 0 Å². The molecular weight excluding hydrogens is 282 g/mol. The summed E-state index contributed by atoms with van der Waals surface area (Å²) in [6, 6.07) is 7.29. The van der Waals surface area contributed by atoms with Crippen molar-refractivity contribution in [1.29, 1.82) is 0 Å². The van der Waals surface area contributed by atoms with Crippen LogP contribution in [-0.2, 0) is 6.54 Å². The number of amides is 1. The zero-order valence-electron chi connectivity index (χ0n) is 10.2. The molecule has 6 nitrogen and oxygen atoms in total. The quantitative estimate of drug-likeness (QED) is 0.693. The van der Waals surface area contributed by atoms with E-state index in [0.717, 1.165) is 11.6 Å². The molecule has 0 aliphatic heterocycles. The molecule has 2 aromatic rings. The van der Waals surface area contributed by atoms with Gasteiger partial charge in [0.1, 0.15) is 0 Å². The van der Waals surface area contributed by atoms with Crippen LogP contribution in [0.1, 0.15) is 15.9 Å². The summed E-state index contributed by atoms with van der Waals surface area (Å²) in [5.41, 5.74) is 0.943. The maximum atomic E-state index is 11.9. The van der Waals surface area contributed by atoms with Crippen LogP contribution in [0.3, 0.4) is 0 Å². The fraction of sp³-hybridized carbons (Fsp3) is 0.0769. The lowest BCUT2D eigenvalue weighted by Gasteiger charge is -2.06. The zero-order chi connectivity index (χ0) is 14.5. The second kappa shape index (κ2) is 6.12. The van der Waals surface area contributed by atoms with Gasteiger partial charge in [-0.05, 0) is 23.8 Å². The van der Waals surface area contributed by atoms with Crippen molar-refractivity contribution in [3.05, 3.63) is 69.0 Å². The summed E-state index contributed by atoms with van der Waals surface area (Å²) < 4.78 is 0. The van der Waals surface area contributed by atoms with E-state index in [1.165, 1.54) is 12.1 Å². The number of nitrogens with one attached hydrogen (secondary N) is 1. The molecule has 1 amide bonds. The molecule has 7 heteroatoms. The number of hydrogen-bond donors (Lipinski definition) is 1. The summed E-state index contributed by atoms with van der Waals surface area (Å²) in [6.07, 6.45) is 3.25. The molecule has 1 N–H and O–H groups in total. The van der Waals surface area contributed by atoms with Gasteiger partial charge in [0.15, 0.2) is 0 Å². The highest BCUT2D eigenvalue weighted by Crippen LogP contribution is 2.22. The van der Waals surface area contributed by atoms with E-state index in [1.807, 2.05) is 0 Å². The first-order valence-corrected chi connectivity index (χ1v) is 6.07. The van der Waals surface area contributed by atoms with Gasteiger partial charge in [0.05, 0.1) is 15.5 Å². The molecule has 0 spiro atoms. The second-order valence-electron chi connectivity index (χ2n) is 3.96. The Balaban J connectivity index is 2.08. The largest absolute Gasteiger partial charge is 0.348 e. The second-order valence-corrected chi connectivity index (χ2v) is 4.37. The minimum absolute atomic E-state index is 0.0476. The van der Waals surface area contributed by atoms with Crippen molar-refractivity contribution in [2.24, 2.45) is 0 Å². The SMILES string of the molecule is O=C(NCc1ccncc1)c1ccc([N+](=O)[O-])cc1Cl. The number of nitro benzene ring substituents is 1. The molecule has 102 valence electrons. The Morgan fingerprint density at radius 3 is 2.60 bits per heavy atom. The maximum absolute atomic E-state index is 11.9. The molecule has 2 rings (SSSR count). The first-order chi connectivity index (χ1) is 9.58. The molecule has 0 bridgehead atoms. The Morgan fingerprint density at radius 2 is 2.00 bits per heavy atom. The molecule has 1 aromatic carbocycles. The lowest BCUT2D eigenvalue weighted by Crippen LogP contribution is -2.23. The Morgan fingerprint density at radius 1 is 1.30 bits per heavy atom. The number of benzene rings is 1. The van der Waals surface area contributed by atoms with Crippen molar-refractivity contribution in [1.82, 2.24) is 10.3 Å². The first kappa shape index (κ1) is 14.0. The summed E-state index contributed by atoms with van der Waals surface area (Å²) in [5.74, 6) is -0.387. The van der Waals surface area contributed by atoms with Gasteiger partial charge in [-0.25, -0.2) is 0 Å². The van der Waals surface area contributed by atoms with Gasteiger partial charge >= 0.3 is 0 Å². The molecular formula is C13H10ClN3O3. The highest BCUT2D eigenvalue weighted by Gasteiger charge is 2.14. The molecule has 1 aromatic heterocycles. The van der Waals surface area contributed by atoms with E-state index >= 15 is 0 Å². The van der Waals surface area contributed by atoms with Crippen LogP contribution in [0, 0.1) is 10.1 Å². The van der Waals surface area contributed by atoms with E-state index in [2.05, 4.69) is 10.3 Å². The molecule has 0 fully saturated rings. The number of carbonyl (C=O) groups is 1. The lowest BCUT2D eigenvalue weighted by molar-refractivity contribution is -0.384. The summed E-state index contributed by atoms with van der Waals surface area (Å²) in [6.45, 7) is 0.328. The van der Waals surface area contributed by atoms with Gasteiger partial charge in [0, 0.05) is 31.1 Å². The van der Waals surface area contributed by atoms with E-state index in [4.69, 9.17) is 11.6 Å². The number of pyridine rings is 1. The lowest BCUT2D eigenvalue weighted by atomic mass is 10.2. The molecule has 0 radical (unpaired) electrons. The number of nitrogens with zero attached hydrogens (tertiary/aromatic N) is 2. The Labute approximate surface area is 119 Å². The summed E-state index contributed by atoms with van der Waals surface area (Å²) in [5, 5.41) is 13.3. The number of halogens is 1. The zero-order valence-corrected chi connectivity index (χ0v) is 11.0. The Bertz CT molecular complexity index is 647. The van der Waals surface area contributed by atoms with Gasteiger partial charge in [-0.1, -0.05) is 11.6 Å². The summed E-state index contributed by atoms with van der Waals surface area (Å²) in [4.78, 5) is 25.8. The topological polar surface area (TPSA) is 85.1 Å². The van der Waals surface area contributed by atoms with Gasteiger partial charge in [-0.2, -0.15) is 0 Å². The standard InChI is InChI=1S/C13H10ClN3O3/c14-12-7-10(17(19)20)1-2-11(12)13(18)16-8-9-3-5-15-6-4-9/h1-7H,8H2,(H,16,18). The van der Waals surface area contributed by atoms with Gasteiger partial charge < -0.3 is 5.32 Å². The Kier molecular flexibility index (Phi) is 4.27. The number of rotatable bonds is 4. The van der Waals surface area contributed by atoms with Crippen molar-refractivity contribution in [2.75, 3.05) is 0 Å². The molecule has 0 atom stereocenters. The number of carbonyl (C=O) groups excluding carboxylic acids is 1. The van der Waals surface area contributed by atoms with E-state index in [0.29, 0.717) is 6.54 Å². The highest BCUT2D eigenvalue weighted by atomic mass is 35.5. The van der Waals surface area contributed by atoms with Crippen LogP contribution in [0.25, 0.3) is 0 Å². The average molecular weight is 292 g/mol. The third kappa shape index (κ3) is 3.30. The van der Waals surface area contributed by atoms with E-state index in [9.17, 15) is 14.9 Å². The van der Waals surface area contributed by atoms with Crippen LogP contribution in [0.15, 0.2) is 42.7 Å². The van der Waals surface area contributed by atoms with Gasteiger partial charge in [-0.3, -0.25) is 19.9 Å². The molecule has 0 aliphatic carbocycles. The van der Waals surface area contributed by atoms with Crippen LogP contribution in [0.4, 0.5) is 5.69 Å². The number of hydrogen-bond acceptors (Lipinski definition) is 4. The smallest absolute Gasteiger partial charge is 0.270 e. The van der Waals surface area contributed by atoms with E-state index in [1.54, 1.807) is 24.5 Å². The molecule has 1 heterocycles. The van der Waals surface area contributed by atoms with Gasteiger partial charge in [0.25, 0.3) is 11.6 Å². The molecule has 0 unspecified atom stereocenters. The number of nitro groups is 1. The van der Waals surface area contributed by atoms with Crippen LogP contribution < -0.4 is 5.32 Å². The van der Waals surface area contributed by atoms with Crippen LogP contribution in [-0.4, -0.2) is 15.8 Å². The Hall–Kier alpha value is -2.47. The van der Waals surface area contributed by atoms with Crippen LogP contribution in [0.5, 0.6) is 0 Å². The van der Waals surface area contributed by atoms with Crippen molar-refractivity contribution in [2.45, 2.75) is 6.54 Å². The molecule has 0 aliphatic rings. The van der Waals surface area contributed by atoms with Gasteiger partial charge in [0.2, 0.25) is 0 Å². The normalized spacial score (nSPS) is 10.1. The summed E-state index contributed by atoms with van der Waals surface area (Å²) >= 11 is 5.87. The monoisotopic (exact) mass is 291 g/mol. The van der Waals surface area contributed by atoms with E-state index < -0.39 is 4.92 Å². The minimum atomic E-state index is -0.565. The predicted octanol–water partition coefficient (Wildman–Crippen LogP) is 2.57. The molecule has 20 heavy (non-hydrogen) atoms. The first-order valence-electron chi connectivity index (χ1n) is 5.69. The number of non-ortho nitro benzene ring substituents is 1. The average Bonchev–Trinajstić information content (AvgIpc) is 2.45. The third-order valence-corrected chi connectivity index (χ3v) is 2.92. The minimum Gasteiger partial charge on any atom is -0.348 e. The highest BCUT2D eigenvalue weighted by molar-refractivity contribution is 6.34.